The average Bonchev–Trinajstić information content (AvgIpc) is 2.76. The summed E-state index contributed by atoms with van der Waals surface area (Å²) in [7, 11) is 0. The second kappa shape index (κ2) is 9.64. The van der Waals surface area contributed by atoms with Crippen molar-refractivity contribution in [2.24, 2.45) is 34.5 Å². The Balaban J connectivity index is 0.00000361. The number of carbonyl (C=O) groups is 2. The van der Waals surface area contributed by atoms with E-state index >= 15 is 0 Å². The van der Waals surface area contributed by atoms with Crippen LogP contribution in [0, 0.1) is 78.6 Å². The molecule has 0 spiro atoms. The van der Waals surface area contributed by atoms with Gasteiger partial charge >= 0.3 is 5.97 Å². The van der Waals surface area contributed by atoms with Crippen molar-refractivity contribution >= 4 is 11.8 Å². The molecule has 1 saturated heterocycles. The molecule has 0 amide bonds. The maximum absolute atomic E-state index is 14.1. The van der Waals surface area contributed by atoms with E-state index in [0.29, 0.717) is 17.6 Å². The fourth-order valence-electron chi connectivity index (χ4n) is 7.89. The number of hydrogen-bond acceptors (Lipinski definition) is 8. The van der Waals surface area contributed by atoms with Gasteiger partial charge in [-0.3, -0.25) is 4.79 Å². The van der Waals surface area contributed by atoms with E-state index < -0.39 is 64.3 Å². The standard InChI is InChI=1S/C27H42O8.Ac/c1-12(2)19(28)23(31)35-16-10-27(33)15(5)21-25(8,13(3)9-17-26(21,32)11-34-17)22(30)20(29)18(14(16)4)24(27,6)7;/h12-13,15-17,19-21,28-29,32-33H,9-11H2,1-8H3;/t13-,15-,16?,17?,19?,20?,21?,25+,26-,27?;/m0./s1. The first-order chi connectivity index (χ1) is 16.0. The van der Waals surface area contributed by atoms with E-state index in [1.165, 1.54) is 0 Å². The number of fused-ring (bicyclic) bond motifs is 5. The number of rotatable bonds is 3. The third-order valence-electron chi connectivity index (χ3n) is 10.4. The molecule has 1 heterocycles. The molecule has 2 saturated carbocycles. The molecule has 0 aromatic carbocycles. The summed E-state index contributed by atoms with van der Waals surface area (Å²) in [6.45, 7) is 14.4. The van der Waals surface area contributed by atoms with Crippen molar-refractivity contribution in [2.45, 2.75) is 104 Å². The van der Waals surface area contributed by atoms with Crippen molar-refractivity contribution in [3.05, 3.63) is 11.1 Å². The van der Waals surface area contributed by atoms with E-state index in [4.69, 9.17) is 9.47 Å². The van der Waals surface area contributed by atoms with Crippen LogP contribution in [-0.4, -0.2) is 74.4 Å². The van der Waals surface area contributed by atoms with Gasteiger partial charge in [-0.2, -0.15) is 0 Å². The predicted octanol–water partition coefficient (Wildman–Crippen LogP) is 1.76. The quantitative estimate of drug-likeness (QED) is 0.256. The molecule has 4 rings (SSSR count). The zero-order valence-electron chi connectivity index (χ0n) is 22.7. The van der Waals surface area contributed by atoms with Crippen LogP contribution in [0.1, 0.15) is 68.2 Å². The normalized spacial score (nSPS) is 46.4. The van der Waals surface area contributed by atoms with Crippen LogP contribution < -0.4 is 0 Å². The zero-order valence-corrected chi connectivity index (χ0v) is 27.5. The van der Waals surface area contributed by atoms with Crippen LogP contribution in [0.4, 0.5) is 0 Å². The molecule has 4 aliphatic rings. The van der Waals surface area contributed by atoms with Gasteiger partial charge in [0.2, 0.25) is 0 Å². The molecule has 8 nitrogen and oxygen atoms in total. The van der Waals surface area contributed by atoms with Crippen molar-refractivity contribution in [3.8, 4) is 0 Å². The van der Waals surface area contributed by atoms with Crippen molar-refractivity contribution in [3.63, 3.8) is 0 Å². The minimum atomic E-state index is -1.53. The Morgan fingerprint density at radius 2 is 1.75 bits per heavy atom. The Hall–Kier alpha value is 0.122. The Bertz CT molecular complexity index is 961. The molecule has 0 aromatic heterocycles. The van der Waals surface area contributed by atoms with Crippen LogP contribution >= 0.6 is 0 Å². The third-order valence-corrected chi connectivity index (χ3v) is 10.4. The first kappa shape index (κ1) is 30.7. The molecule has 9 heteroatoms. The Morgan fingerprint density at radius 1 is 1.17 bits per heavy atom. The molecule has 0 aromatic rings. The largest absolute Gasteiger partial charge is 0.456 e. The zero-order chi connectivity index (χ0) is 26.5. The topological polar surface area (TPSA) is 134 Å². The van der Waals surface area contributed by atoms with Gasteiger partial charge in [0.05, 0.1) is 18.3 Å². The Morgan fingerprint density at radius 3 is 2.25 bits per heavy atom. The predicted molar refractivity (Wildman–Crippen MR) is 127 cm³/mol. The number of aliphatic hydroxyl groups excluding tert-OH is 2. The molecule has 201 valence electrons. The first-order valence-electron chi connectivity index (χ1n) is 12.8. The number of Topliss-reactive ketones (excluding diaryl/α,β-unsaturated/α-hetero) is 1. The molecule has 6 unspecified atom stereocenters. The second-order valence-corrected chi connectivity index (χ2v) is 12.7. The van der Waals surface area contributed by atoms with E-state index in [0.717, 1.165) is 0 Å². The van der Waals surface area contributed by atoms with E-state index in [-0.39, 0.29) is 74.7 Å². The average molecular weight is 722 g/mol. The van der Waals surface area contributed by atoms with Gasteiger partial charge in [0, 0.05) is 67.2 Å². The van der Waals surface area contributed by atoms with E-state index in [2.05, 4.69) is 0 Å². The fourth-order valence-corrected chi connectivity index (χ4v) is 7.89. The van der Waals surface area contributed by atoms with Crippen molar-refractivity contribution in [1.82, 2.24) is 0 Å². The molecule has 2 bridgehead atoms. The van der Waals surface area contributed by atoms with E-state index in [1.807, 2.05) is 13.8 Å². The molecule has 36 heavy (non-hydrogen) atoms. The first-order valence-corrected chi connectivity index (χ1v) is 12.8. The summed E-state index contributed by atoms with van der Waals surface area (Å²) < 4.78 is 11.4. The van der Waals surface area contributed by atoms with Crippen LogP contribution in [0.25, 0.3) is 0 Å². The summed E-state index contributed by atoms with van der Waals surface area (Å²) >= 11 is 0. The third kappa shape index (κ3) is 3.89. The summed E-state index contributed by atoms with van der Waals surface area (Å²) in [6, 6.07) is 0. The van der Waals surface area contributed by atoms with Crippen LogP contribution in [0.15, 0.2) is 11.1 Å². The van der Waals surface area contributed by atoms with Gasteiger partial charge in [-0.1, -0.05) is 48.5 Å². The summed E-state index contributed by atoms with van der Waals surface area (Å²) in [5.74, 6) is -3.02. The van der Waals surface area contributed by atoms with Crippen molar-refractivity contribution < 1.29 is 83.6 Å². The van der Waals surface area contributed by atoms with Crippen molar-refractivity contribution in [1.29, 1.82) is 0 Å². The van der Waals surface area contributed by atoms with Crippen LogP contribution in [0.2, 0.25) is 0 Å². The molecule has 4 N–H and O–H groups in total. The molecule has 1 radical (unpaired) electrons. The summed E-state index contributed by atoms with van der Waals surface area (Å²) in [5.41, 5.74) is -4.12. The van der Waals surface area contributed by atoms with Crippen LogP contribution in [-0.2, 0) is 19.1 Å². The number of carbonyl (C=O) groups excluding carboxylic acids is 2. The SMILES string of the molecule is CC1=C2C(O)C(=O)[C@@]3(C)C([C@H](C)C(O)(CC1OC(=O)C(O)C(C)C)C2(C)C)[C@]1(O)COC1C[C@@H]3C.[Ac]. The number of aliphatic hydroxyl groups is 4. The molecule has 3 fully saturated rings. The van der Waals surface area contributed by atoms with Gasteiger partial charge in [0.25, 0.3) is 0 Å². The maximum Gasteiger partial charge on any atom is 0.335 e. The van der Waals surface area contributed by atoms with E-state index in [9.17, 15) is 30.0 Å². The Kier molecular flexibility index (Phi) is 8.21. The van der Waals surface area contributed by atoms with Gasteiger partial charge in [0.1, 0.15) is 17.8 Å². The number of ketones is 1. The van der Waals surface area contributed by atoms with Crippen LogP contribution in [0.3, 0.4) is 0 Å². The second-order valence-electron chi connectivity index (χ2n) is 12.7. The van der Waals surface area contributed by atoms with Gasteiger partial charge in [-0.25, -0.2) is 4.79 Å². The van der Waals surface area contributed by atoms with Gasteiger partial charge in [0.15, 0.2) is 11.9 Å². The monoisotopic (exact) mass is 721 g/mol. The van der Waals surface area contributed by atoms with Crippen molar-refractivity contribution in [2.75, 3.05) is 6.61 Å². The Labute approximate surface area is 249 Å². The molecule has 10 atom stereocenters. The number of hydrogen-bond donors (Lipinski definition) is 4. The molecule has 1 aliphatic heterocycles. The minimum Gasteiger partial charge on any atom is -0.456 e. The fraction of sp³-hybridized carbons (Fsp3) is 0.852. The maximum atomic E-state index is 14.1. The summed E-state index contributed by atoms with van der Waals surface area (Å²) in [6.07, 6.45) is -3.72. The number of esters is 1. The van der Waals surface area contributed by atoms with Crippen LogP contribution in [0.5, 0.6) is 0 Å². The van der Waals surface area contributed by atoms with Gasteiger partial charge in [-0.15, -0.1) is 0 Å². The minimum absolute atomic E-state index is 0. The smallest absolute Gasteiger partial charge is 0.335 e. The summed E-state index contributed by atoms with van der Waals surface area (Å²) in [4.78, 5) is 26.8. The van der Waals surface area contributed by atoms with Gasteiger partial charge in [-0.05, 0) is 42.2 Å². The van der Waals surface area contributed by atoms with E-state index in [1.54, 1.807) is 41.5 Å². The summed E-state index contributed by atoms with van der Waals surface area (Å²) in [5, 5.41) is 46.1. The molecular weight excluding hydrogens is 679 g/mol. The molecular formula is C27H42AcO8. The van der Waals surface area contributed by atoms with Gasteiger partial charge < -0.3 is 29.9 Å². The molecule has 3 aliphatic carbocycles. The number of ether oxygens (including phenoxy) is 2.